The predicted molar refractivity (Wildman–Crippen MR) is 120 cm³/mol. The molecule has 1 atom stereocenters. The van der Waals surface area contributed by atoms with Gasteiger partial charge in [-0.15, -0.1) is 0 Å². The lowest BCUT2D eigenvalue weighted by Crippen LogP contribution is -2.29. The Labute approximate surface area is 185 Å². The summed E-state index contributed by atoms with van der Waals surface area (Å²) in [5.41, 5.74) is 1.83. The van der Waals surface area contributed by atoms with Crippen LogP contribution in [0.5, 0.6) is 11.5 Å². The highest BCUT2D eigenvalue weighted by molar-refractivity contribution is 7.97. The third kappa shape index (κ3) is 6.09. The van der Waals surface area contributed by atoms with Gasteiger partial charge in [0, 0.05) is 18.0 Å². The molecule has 0 aromatic heterocycles. The highest BCUT2D eigenvalue weighted by Crippen LogP contribution is 2.35. The number of hydrogen-bond acceptors (Lipinski definition) is 4. The molecule has 0 amide bonds. The normalized spacial score (nSPS) is 16.7. The molecule has 0 aliphatic carbocycles. The van der Waals surface area contributed by atoms with E-state index in [9.17, 15) is 14.3 Å². The number of piperidine rings is 1. The van der Waals surface area contributed by atoms with Gasteiger partial charge in [-0.2, -0.15) is 0 Å². The van der Waals surface area contributed by atoms with Crippen molar-refractivity contribution in [1.82, 2.24) is 4.31 Å². The van der Waals surface area contributed by atoms with Crippen LogP contribution in [0.25, 0.3) is 0 Å². The summed E-state index contributed by atoms with van der Waals surface area (Å²) in [6, 6.07) is 21.9. The summed E-state index contributed by atoms with van der Waals surface area (Å²) in [6.07, 6.45) is 2.03. The van der Waals surface area contributed by atoms with Crippen LogP contribution < -0.4 is 4.74 Å². The highest BCUT2D eigenvalue weighted by atomic mass is 32.2. The van der Waals surface area contributed by atoms with Crippen LogP contribution in [-0.4, -0.2) is 28.5 Å². The van der Waals surface area contributed by atoms with Crippen LogP contribution in [0.2, 0.25) is 0 Å². The lowest BCUT2D eigenvalue weighted by molar-refractivity contribution is -0.136. The van der Waals surface area contributed by atoms with Crippen molar-refractivity contribution in [2.75, 3.05) is 13.1 Å². The molecular weight excluding hydrogens is 413 g/mol. The number of aliphatic carboxylic acids is 1. The maximum atomic E-state index is 13.2. The van der Waals surface area contributed by atoms with E-state index in [1.54, 1.807) is 30.1 Å². The highest BCUT2D eigenvalue weighted by Gasteiger charge is 2.23. The summed E-state index contributed by atoms with van der Waals surface area (Å²) in [5.74, 6) is 0.553. The Morgan fingerprint density at radius 2 is 1.84 bits per heavy atom. The van der Waals surface area contributed by atoms with Gasteiger partial charge in [0.2, 0.25) is 0 Å². The Hall–Kier alpha value is -2.83. The SMILES string of the molecule is O=C(O)Cc1cc(Oc2ccccc2)cc(C2CCCN(Sc3ccc(F)cc3)C2)c1. The second-order valence-electron chi connectivity index (χ2n) is 7.67. The van der Waals surface area contributed by atoms with E-state index in [1.807, 2.05) is 42.5 Å². The zero-order chi connectivity index (χ0) is 21.6. The molecule has 1 aliphatic rings. The molecule has 1 heterocycles. The van der Waals surface area contributed by atoms with Crippen molar-refractivity contribution in [3.05, 3.63) is 89.7 Å². The summed E-state index contributed by atoms with van der Waals surface area (Å²) in [4.78, 5) is 12.3. The molecule has 0 bridgehead atoms. The van der Waals surface area contributed by atoms with Gasteiger partial charge in [-0.25, -0.2) is 8.70 Å². The van der Waals surface area contributed by atoms with Gasteiger partial charge in [0.25, 0.3) is 0 Å². The molecular formula is C25H24FNO3S. The van der Waals surface area contributed by atoms with Crippen LogP contribution in [0.15, 0.2) is 77.7 Å². The van der Waals surface area contributed by atoms with E-state index in [1.165, 1.54) is 12.1 Å². The van der Waals surface area contributed by atoms with Gasteiger partial charge in [-0.3, -0.25) is 4.79 Å². The van der Waals surface area contributed by atoms with Crippen molar-refractivity contribution in [3.63, 3.8) is 0 Å². The number of benzene rings is 3. The fourth-order valence-corrected chi connectivity index (χ4v) is 4.85. The number of rotatable bonds is 7. The van der Waals surface area contributed by atoms with E-state index < -0.39 is 5.97 Å². The van der Waals surface area contributed by atoms with E-state index in [0.717, 1.165) is 47.7 Å². The number of ether oxygens (including phenoxy) is 1. The fourth-order valence-electron chi connectivity index (χ4n) is 3.82. The fraction of sp³-hybridized carbons (Fsp3) is 0.240. The first-order valence-electron chi connectivity index (χ1n) is 10.3. The second-order valence-corrected chi connectivity index (χ2v) is 8.84. The minimum atomic E-state index is -0.861. The van der Waals surface area contributed by atoms with E-state index >= 15 is 0 Å². The smallest absolute Gasteiger partial charge is 0.307 e. The molecule has 0 radical (unpaired) electrons. The maximum Gasteiger partial charge on any atom is 0.307 e. The van der Waals surface area contributed by atoms with Gasteiger partial charge in [0.1, 0.15) is 17.3 Å². The molecule has 0 spiro atoms. The van der Waals surface area contributed by atoms with Crippen molar-refractivity contribution in [2.45, 2.75) is 30.1 Å². The van der Waals surface area contributed by atoms with Crippen LogP contribution in [0, 0.1) is 5.82 Å². The molecule has 3 aromatic rings. The van der Waals surface area contributed by atoms with Crippen LogP contribution >= 0.6 is 11.9 Å². The number of carbonyl (C=O) groups is 1. The summed E-state index contributed by atoms with van der Waals surface area (Å²) in [7, 11) is 0. The summed E-state index contributed by atoms with van der Waals surface area (Å²) >= 11 is 1.63. The van der Waals surface area contributed by atoms with Crippen molar-refractivity contribution < 1.29 is 19.0 Å². The lowest BCUT2D eigenvalue weighted by Gasteiger charge is -2.32. The number of halogens is 1. The molecule has 31 heavy (non-hydrogen) atoms. The monoisotopic (exact) mass is 437 g/mol. The van der Waals surface area contributed by atoms with Gasteiger partial charge >= 0.3 is 5.97 Å². The summed E-state index contributed by atoms with van der Waals surface area (Å²) in [5, 5.41) is 9.30. The standard InChI is InChI=1S/C25H24FNO3S/c26-21-8-10-24(11-9-21)31-27-12-4-5-19(17-27)20-13-18(15-25(28)29)14-23(16-20)30-22-6-2-1-3-7-22/h1-3,6-11,13-14,16,19H,4-5,12,15,17H2,(H,28,29). The largest absolute Gasteiger partial charge is 0.481 e. The first-order valence-corrected chi connectivity index (χ1v) is 11.1. The third-order valence-electron chi connectivity index (χ3n) is 5.23. The Morgan fingerprint density at radius 1 is 1.06 bits per heavy atom. The predicted octanol–water partition coefficient (Wildman–Crippen LogP) is 6.13. The number of nitrogens with zero attached hydrogens (tertiary/aromatic N) is 1. The number of carboxylic acids is 1. The van der Waals surface area contributed by atoms with Crippen molar-refractivity contribution in [2.24, 2.45) is 0 Å². The maximum absolute atomic E-state index is 13.2. The topological polar surface area (TPSA) is 49.8 Å². The molecule has 1 saturated heterocycles. The molecule has 1 aliphatic heterocycles. The molecule has 160 valence electrons. The minimum absolute atomic E-state index is 0.0419. The van der Waals surface area contributed by atoms with Crippen molar-refractivity contribution >= 4 is 17.9 Å². The molecule has 1 fully saturated rings. The first-order chi connectivity index (χ1) is 15.0. The molecule has 6 heteroatoms. The quantitative estimate of drug-likeness (QED) is 0.451. The first kappa shape index (κ1) is 21.4. The van der Waals surface area contributed by atoms with E-state index in [4.69, 9.17) is 4.74 Å². The third-order valence-corrected chi connectivity index (χ3v) is 6.30. The Balaban J connectivity index is 1.54. The lowest BCUT2D eigenvalue weighted by atomic mass is 9.90. The van der Waals surface area contributed by atoms with E-state index in [-0.39, 0.29) is 18.2 Å². The van der Waals surface area contributed by atoms with Crippen LogP contribution in [-0.2, 0) is 11.2 Å². The molecule has 0 saturated carbocycles. The average molecular weight is 438 g/mol. The Morgan fingerprint density at radius 3 is 2.58 bits per heavy atom. The van der Waals surface area contributed by atoms with Gasteiger partial charge in [0.05, 0.1) is 6.42 Å². The minimum Gasteiger partial charge on any atom is -0.481 e. The second kappa shape index (κ2) is 9.98. The Bertz CT molecular complexity index is 1030. The van der Waals surface area contributed by atoms with Gasteiger partial charge < -0.3 is 9.84 Å². The van der Waals surface area contributed by atoms with Crippen LogP contribution in [0.3, 0.4) is 0 Å². The number of hydrogen-bond donors (Lipinski definition) is 1. The summed E-state index contributed by atoms with van der Waals surface area (Å²) < 4.78 is 21.5. The zero-order valence-corrected chi connectivity index (χ0v) is 17.9. The van der Waals surface area contributed by atoms with Crippen LogP contribution in [0.4, 0.5) is 4.39 Å². The van der Waals surface area contributed by atoms with E-state index in [2.05, 4.69) is 4.31 Å². The molecule has 1 N–H and O–H groups in total. The Kier molecular flexibility index (Phi) is 6.89. The molecule has 1 unspecified atom stereocenters. The molecule has 4 nitrogen and oxygen atoms in total. The summed E-state index contributed by atoms with van der Waals surface area (Å²) in [6.45, 7) is 1.80. The van der Waals surface area contributed by atoms with Crippen molar-refractivity contribution in [1.29, 1.82) is 0 Å². The molecule has 4 rings (SSSR count). The number of para-hydroxylation sites is 1. The zero-order valence-electron chi connectivity index (χ0n) is 17.0. The van der Waals surface area contributed by atoms with Gasteiger partial charge in [0.15, 0.2) is 0 Å². The van der Waals surface area contributed by atoms with Gasteiger partial charge in [-0.1, -0.05) is 24.3 Å². The van der Waals surface area contributed by atoms with Gasteiger partial charge in [-0.05, 0) is 90.4 Å². The molecule has 3 aromatic carbocycles. The van der Waals surface area contributed by atoms with Crippen LogP contribution in [0.1, 0.15) is 29.9 Å². The van der Waals surface area contributed by atoms with Crippen molar-refractivity contribution in [3.8, 4) is 11.5 Å². The van der Waals surface area contributed by atoms with E-state index in [0.29, 0.717) is 5.75 Å². The average Bonchev–Trinajstić information content (AvgIpc) is 2.76. The number of carboxylic acid groups (broad SMARTS) is 1.